The number of benzene rings is 2. The summed E-state index contributed by atoms with van der Waals surface area (Å²) in [5, 5.41) is 11.4. The third kappa shape index (κ3) is 4.90. The lowest BCUT2D eigenvalue weighted by Crippen LogP contribution is -2.51. The van der Waals surface area contributed by atoms with Gasteiger partial charge < -0.3 is 19.3 Å². The molecule has 3 aromatic rings. The highest BCUT2D eigenvalue weighted by molar-refractivity contribution is 5.90. The Bertz CT molecular complexity index is 1350. The van der Waals surface area contributed by atoms with Crippen molar-refractivity contribution in [1.82, 2.24) is 9.55 Å². The Morgan fingerprint density at radius 1 is 1.03 bits per heavy atom. The van der Waals surface area contributed by atoms with Crippen molar-refractivity contribution < 1.29 is 28.9 Å². The van der Waals surface area contributed by atoms with E-state index in [1.54, 1.807) is 60.7 Å². The molecule has 4 atom stereocenters. The number of hydrogen-bond acceptors (Lipinski definition) is 8. The van der Waals surface area contributed by atoms with Crippen molar-refractivity contribution in [2.24, 2.45) is 0 Å². The van der Waals surface area contributed by atoms with E-state index in [1.807, 2.05) is 0 Å². The number of rotatable bonds is 8. The number of carbonyl (C=O) groups excluding carboxylic acids is 2. The van der Waals surface area contributed by atoms with E-state index in [9.17, 15) is 24.3 Å². The molecule has 1 saturated heterocycles. The minimum atomic E-state index is -1.80. The Balaban J connectivity index is 1.68. The van der Waals surface area contributed by atoms with Crippen LogP contribution in [0.3, 0.4) is 0 Å². The summed E-state index contributed by atoms with van der Waals surface area (Å²) in [5.41, 5.74) is -2.76. The average Bonchev–Trinajstić information content (AvgIpc) is 3.14. The van der Waals surface area contributed by atoms with Crippen molar-refractivity contribution in [1.29, 1.82) is 0 Å². The van der Waals surface area contributed by atoms with Gasteiger partial charge in [-0.3, -0.25) is 14.3 Å². The SMILES string of the molecule is C=CC[C@@]1(n2ccc(=O)[nH]c2=O)O[C@H](COC(=O)c2ccccc2)[C@@H](OC(=O)c2ccccc2)[C@@H]1O. The molecule has 0 amide bonds. The van der Waals surface area contributed by atoms with Gasteiger partial charge in [0.05, 0.1) is 11.1 Å². The second-order valence-electron chi connectivity index (χ2n) is 8.12. The van der Waals surface area contributed by atoms with Crippen LogP contribution < -0.4 is 11.2 Å². The van der Waals surface area contributed by atoms with Gasteiger partial charge in [0.25, 0.3) is 5.56 Å². The zero-order chi connectivity index (χ0) is 25.7. The smallest absolute Gasteiger partial charge is 0.338 e. The van der Waals surface area contributed by atoms with Crippen LogP contribution in [-0.2, 0) is 19.9 Å². The first-order valence-corrected chi connectivity index (χ1v) is 11.1. The molecule has 1 aliphatic heterocycles. The number of nitrogens with zero attached hydrogens (tertiary/aromatic N) is 1. The van der Waals surface area contributed by atoms with Gasteiger partial charge in [-0.1, -0.05) is 42.5 Å². The first-order valence-electron chi connectivity index (χ1n) is 11.1. The van der Waals surface area contributed by atoms with E-state index >= 15 is 0 Å². The normalized spacial score (nSPS) is 23.1. The lowest BCUT2D eigenvalue weighted by molar-refractivity contribution is -0.148. The summed E-state index contributed by atoms with van der Waals surface area (Å²) < 4.78 is 18.1. The average molecular weight is 492 g/mol. The van der Waals surface area contributed by atoms with Gasteiger partial charge in [0.1, 0.15) is 18.8 Å². The highest BCUT2D eigenvalue weighted by Crippen LogP contribution is 2.40. The molecule has 1 aliphatic rings. The van der Waals surface area contributed by atoms with E-state index in [0.717, 1.165) is 10.6 Å². The van der Waals surface area contributed by atoms with Crippen LogP contribution in [0.2, 0.25) is 0 Å². The number of carbonyl (C=O) groups is 2. The summed E-state index contributed by atoms with van der Waals surface area (Å²) in [6.45, 7) is 3.28. The van der Waals surface area contributed by atoms with Crippen LogP contribution in [0, 0.1) is 0 Å². The van der Waals surface area contributed by atoms with E-state index in [0.29, 0.717) is 5.56 Å². The van der Waals surface area contributed by atoms with Gasteiger partial charge in [-0.05, 0) is 24.3 Å². The molecule has 2 aromatic carbocycles. The molecule has 0 bridgehead atoms. The van der Waals surface area contributed by atoms with Crippen molar-refractivity contribution in [3.8, 4) is 0 Å². The Morgan fingerprint density at radius 3 is 2.22 bits per heavy atom. The molecule has 0 radical (unpaired) electrons. The second-order valence-corrected chi connectivity index (χ2v) is 8.12. The maximum atomic E-state index is 12.8. The standard InChI is InChI=1S/C26H24N2O8/c1-2-14-26(28-15-13-20(29)27-25(28)33)22(30)21(35-24(32)18-11-7-4-8-12-18)19(36-26)16-34-23(31)17-9-5-3-6-10-17/h2-13,15,19,21-22,30H,1,14,16H2,(H,27,29,33)/t19-,21-,22+,26-/m1/s1. The quantitative estimate of drug-likeness (QED) is 0.357. The molecule has 0 unspecified atom stereocenters. The van der Waals surface area contributed by atoms with Crippen molar-refractivity contribution in [2.75, 3.05) is 6.61 Å². The first-order chi connectivity index (χ1) is 17.4. The fourth-order valence-corrected chi connectivity index (χ4v) is 4.10. The summed E-state index contributed by atoms with van der Waals surface area (Å²) in [7, 11) is 0. The zero-order valence-corrected chi connectivity index (χ0v) is 19.1. The molecule has 0 spiro atoms. The van der Waals surface area contributed by atoms with Gasteiger partial charge >= 0.3 is 17.6 Å². The molecule has 4 rings (SSSR count). The molecule has 186 valence electrons. The van der Waals surface area contributed by atoms with E-state index in [2.05, 4.69) is 11.6 Å². The fourth-order valence-electron chi connectivity index (χ4n) is 4.10. The third-order valence-electron chi connectivity index (χ3n) is 5.80. The van der Waals surface area contributed by atoms with Crippen LogP contribution in [-0.4, -0.2) is 51.5 Å². The highest BCUT2D eigenvalue weighted by atomic mass is 16.6. The lowest BCUT2D eigenvalue weighted by Gasteiger charge is -2.33. The molecule has 1 fully saturated rings. The number of aromatic nitrogens is 2. The molecular formula is C26H24N2O8. The number of nitrogens with one attached hydrogen (secondary N) is 1. The number of aliphatic hydroxyl groups is 1. The monoisotopic (exact) mass is 492 g/mol. The Hall–Kier alpha value is -4.28. The summed E-state index contributed by atoms with van der Waals surface area (Å²) >= 11 is 0. The topological polar surface area (TPSA) is 137 Å². The van der Waals surface area contributed by atoms with E-state index in [1.165, 1.54) is 12.3 Å². The largest absolute Gasteiger partial charge is 0.459 e. The highest BCUT2D eigenvalue weighted by Gasteiger charge is 2.58. The minimum Gasteiger partial charge on any atom is -0.459 e. The van der Waals surface area contributed by atoms with Crippen molar-refractivity contribution in [2.45, 2.75) is 30.5 Å². The fraction of sp³-hybridized carbons (Fsp3) is 0.231. The van der Waals surface area contributed by atoms with Gasteiger partial charge in [-0.15, -0.1) is 6.58 Å². The Kier molecular flexibility index (Phi) is 7.28. The summed E-state index contributed by atoms with van der Waals surface area (Å²) in [4.78, 5) is 51.8. The van der Waals surface area contributed by atoms with Gasteiger partial charge in [-0.2, -0.15) is 0 Å². The van der Waals surface area contributed by atoms with Crippen LogP contribution in [0.4, 0.5) is 0 Å². The molecule has 10 nitrogen and oxygen atoms in total. The lowest BCUT2D eigenvalue weighted by atomic mass is 9.98. The van der Waals surface area contributed by atoms with E-state index < -0.39 is 53.8 Å². The Labute approximate surface area is 205 Å². The maximum Gasteiger partial charge on any atom is 0.338 e. The maximum absolute atomic E-state index is 12.8. The number of esters is 2. The molecule has 2 N–H and O–H groups in total. The zero-order valence-electron chi connectivity index (χ0n) is 19.1. The third-order valence-corrected chi connectivity index (χ3v) is 5.80. The van der Waals surface area contributed by atoms with Crippen molar-refractivity contribution >= 4 is 11.9 Å². The molecule has 0 aliphatic carbocycles. The summed E-state index contributed by atoms with van der Waals surface area (Å²) in [6, 6.07) is 17.4. The number of hydrogen-bond donors (Lipinski definition) is 2. The number of H-pyrrole nitrogens is 1. The van der Waals surface area contributed by atoms with Crippen LogP contribution >= 0.6 is 0 Å². The molecular weight excluding hydrogens is 468 g/mol. The molecule has 36 heavy (non-hydrogen) atoms. The van der Waals surface area contributed by atoms with Crippen LogP contribution in [0.1, 0.15) is 27.1 Å². The predicted molar refractivity (Wildman–Crippen MR) is 127 cm³/mol. The van der Waals surface area contributed by atoms with Gasteiger partial charge in [0, 0.05) is 18.7 Å². The predicted octanol–water partition coefficient (Wildman–Crippen LogP) is 1.61. The molecule has 1 aromatic heterocycles. The number of aromatic amines is 1. The molecule has 10 heteroatoms. The van der Waals surface area contributed by atoms with Gasteiger partial charge in [-0.25, -0.2) is 14.4 Å². The first kappa shape index (κ1) is 24.8. The second kappa shape index (κ2) is 10.5. The van der Waals surface area contributed by atoms with E-state index in [4.69, 9.17) is 14.2 Å². The van der Waals surface area contributed by atoms with Crippen LogP contribution in [0.15, 0.2) is 95.2 Å². The molecule has 0 saturated carbocycles. The summed E-state index contributed by atoms with van der Waals surface area (Å²) in [5.74, 6) is -1.39. The number of aliphatic hydroxyl groups excluding tert-OH is 1. The van der Waals surface area contributed by atoms with Crippen molar-refractivity contribution in [3.63, 3.8) is 0 Å². The van der Waals surface area contributed by atoms with Gasteiger partial charge in [0.15, 0.2) is 11.8 Å². The number of ether oxygens (including phenoxy) is 3. The minimum absolute atomic E-state index is 0.0946. The summed E-state index contributed by atoms with van der Waals surface area (Å²) in [6.07, 6.45) is -1.59. The van der Waals surface area contributed by atoms with Crippen LogP contribution in [0.25, 0.3) is 0 Å². The van der Waals surface area contributed by atoms with Gasteiger partial charge in [0.2, 0.25) is 0 Å². The Morgan fingerprint density at radius 2 is 1.64 bits per heavy atom. The van der Waals surface area contributed by atoms with Crippen molar-refractivity contribution in [3.05, 3.63) is 118 Å². The van der Waals surface area contributed by atoms with E-state index in [-0.39, 0.29) is 12.0 Å². The van der Waals surface area contributed by atoms with Crippen LogP contribution in [0.5, 0.6) is 0 Å². The molecule has 2 heterocycles.